The van der Waals surface area contributed by atoms with Gasteiger partial charge in [0.2, 0.25) is 0 Å². The minimum atomic E-state index is -0.961. The Bertz CT molecular complexity index is 415. The van der Waals surface area contributed by atoms with Crippen molar-refractivity contribution in [1.29, 1.82) is 0 Å². The number of nitrogens with two attached hydrogens (primary N) is 1. The van der Waals surface area contributed by atoms with Crippen molar-refractivity contribution in [2.24, 2.45) is 5.25 Å². The average molecular weight is 317 g/mol. The molecule has 75 valence electrons. The van der Waals surface area contributed by atoms with Crippen molar-refractivity contribution < 1.29 is 0 Å². The smallest absolute Gasteiger partial charge is 0.257 e. The Labute approximate surface area is 118 Å². The minimum absolute atomic E-state index is 0. The van der Waals surface area contributed by atoms with Gasteiger partial charge in [-0.2, -0.15) is 7.68 Å². The Kier molecular flexibility index (Phi) is 9.25. The molecule has 0 aliphatic heterocycles. The summed E-state index contributed by atoms with van der Waals surface area (Å²) in [6.07, 6.45) is 0. The number of nitrogens with one attached hydrogen (secondary N) is 1. The summed E-state index contributed by atoms with van der Waals surface area (Å²) in [5.41, 5.74) is -2.77. The third kappa shape index (κ3) is 3.89. The fourth-order valence-electron chi connectivity index (χ4n) is 0.440. The molecule has 0 aromatic carbocycles. The molecule has 0 saturated carbocycles. The molecule has 0 amide bonds. The number of aromatic nitrogens is 3. The van der Waals surface area contributed by atoms with E-state index in [0.29, 0.717) is 3.59 Å². The van der Waals surface area contributed by atoms with Gasteiger partial charge in [-0.15, -0.1) is 0 Å². The van der Waals surface area contributed by atoms with Gasteiger partial charge in [-0.25, -0.2) is 19.6 Å². The van der Waals surface area contributed by atoms with E-state index in [9.17, 15) is 14.4 Å². The molecule has 0 atom stereocenters. The first-order valence-corrected chi connectivity index (χ1v) is 4.05. The summed E-state index contributed by atoms with van der Waals surface area (Å²) >= 11 is 11.8. The molecule has 0 unspecified atom stereocenters. The summed E-state index contributed by atoms with van der Waals surface area (Å²) in [6.45, 7) is 0. The van der Waals surface area contributed by atoms with Gasteiger partial charge in [0.25, 0.3) is 0 Å². The van der Waals surface area contributed by atoms with E-state index < -0.39 is 17.1 Å². The van der Waals surface area contributed by atoms with E-state index in [1.807, 2.05) is 0 Å². The molecule has 1 heterocycles. The Morgan fingerprint density at radius 1 is 1.21 bits per heavy atom. The molecule has 1 rings (SSSR count). The standard InChI is InChI=1S/C3HBrClN3O3.ClH2N.Na/c4-7-1(9)6-2(10)8(5)3(7)11;1-2;/h(H,6,9,10);2H2;. The van der Waals surface area contributed by atoms with E-state index in [1.54, 1.807) is 4.98 Å². The second kappa shape index (κ2) is 7.69. The molecular weight excluding hydrogens is 314 g/mol. The van der Waals surface area contributed by atoms with Gasteiger partial charge in [0.1, 0.15) is 0 Å². The van der Waals surface area contributed by atoms with Crippen LogP contribution in [0.2, 0.25) is 0 Å². The maximum absolute atomic E-state index is 10.7. The predicted molar refractivity (Wildman–Crippen MR) is 57.0 cm³/mol. The van der Waals surface area contributed by atoms with Gasteiger partial charge in [-0.3, -0.25) is 4.98 Å². The van der Waals surface area contributed by atoms with Crippen LogP contribution in [-0.2, 0) is 0 Å². The van der Waals surface area contributed by atoms with Crippen LogP contribution in [0.4, 0.5) is 0 Å². The average Bonchev–Trinajstić information content (AvgIpc) is 2.15. The third-order valence-corrected chi connectivity index (χ3v) is 1.83. The van der Waals surface area contributed by atoms with Crippen molar-refractivity contribution in [3.63, 3.8) is 0 Å². The number of hydrogen-bond donors (Lipinski definition) is 2. The van der Waals surface area contributed by atoms with Crippen LogP contribution in [0.15, 0.2) is 14.4 Å². The van der Waals surface area contributed by atoms with Crippen LogP contribution in [0.1, 0.15) is 0 Å². The summed E-state index contributed by atoms with van der Waals surface area (Å²) < 4.78 is 0.748. The van der Waals surface area contributed by atoms with Crippen LogP contribution < -0.4 is 22.3 Å². The molecule has 0 aliphatic rings. The Hall–Kier alpha value is 0.430. The summed E-state index contributed by atoms with van der Waals surface area (Å²) in [6, 6.07) is 0. The van der Waals surface area contributed by atoms with E-state index in [0.717, 1.165) is 0 Å². The first-order valence-electron chi connectivity index (χ1n) is 2.56. The molecule has 0 aliphatic carbocycles. The Morgan fingerprint density at radius 2 is 1.64 bits per heavy atom. The molecular formula is C3H3BrCl2N4NaO3. The van der Waals surface area contributed by atoms with E-state index >= 15 is 0 Å². The fourth-order valence-corrected chi connectivity index (χ4v) is 0.897. The summed E-state index contributed by atoms with van der Waals surface area (Å²) in [5, 5.41) is 3.97. The monoisotopic (exact) mass is 315 g/mol. The zero-order valence-electron chi connectivity index (χ0n) is 6.83. The molecule has 14 heavy (non-hydrogen) atoms. The van der Waals surface area contributed by atoms with Crippen LogP contribution in [-0.4, -0.2) is 42.2 Å². The number of hydrogen-bond acceptors (Lipinski definition) is 4. The number of nitrogens with zero attached hydrogens (tertiary/aromatic N) is 2. The molecule has 0 saturated heterocycles. The van der Waals surface area contributed by atoms with Gasteiger partial charge in [-0.05, 0) is 11.8 Å². The molecule has 1 aromatic heterocycles. The fraction of sp³-hybridized carbons (Fsp3) is 0. The van der Waals surface area contributed by atoms with Gasteiger partial charge >= 0.3 is 17.1 Å². The van der Waals surface area contributed by atoms with Crippen molar-refractivity contribution in [2.75, 3.05) is 0 Å². The minimum Gasteiger partial charge on any atom is -0.257 e. The largest absolute Gasteiger partial charge is 0.361 e. The molecule has 0 bridgehead atoms. The van der Waals surface area contributed by atoms with Gasteiger partial charge in [0, 0.05) is 41.3 Å². The maximum atomic E-state index is 10.7. The summed E-state index contributed by atoms with van der Waals surface area (Å²) in [7, 11) is 0. The van der Waals surface area contributed by atoms with Crippen LogP contribution in [0.3, 0.4) is 0 Å². The SMILES string of the molecule is NCl.O=c1[nH]c(=O)n(Br)c(=O)n1Cl.[Na]. The van der Waals surface area contributed by atoms with Crippen molar-refractivity contribution in [3.8, 4) is 0 Å². The van der Waals surface area contributed by atoms with Gasteiger partial charge in [0.05, 0.1) is 16.1 Å². The molecule has 7 nitrogen and oxygen atoms in total. The molecule has 11 heteroatoms. The quantitative estimate of drug-likeness (QED) is 0.453. The zero-order valence-corrected chi connectivity index (χ0v) is 11.9. The van der Waals surface area contributed by atoms with Crippen molar-refractivity contribution >= 4 is 69.3 Å². The Balaban J connectivity index is 0. The Morgan fingerprint density at radius 3 is 2.07 bits per heavy atom. The van der Waals surface area contributed by atoms with Crippen LogP contribution >= 0.6 is 39.7 Å². The van der Waals surface area contributed by atoms with Gasteiger partial charge < -0.3 is 0 Å². The van der Waals surface area contributed by atoms with E-state index in [2.05, 4.69) is 33.2 Å². The van der Waals surface area contributed by atoms with E-state index in [1.165, 1.54) is 0 Å². The van der Waals surface area contributed by atoms with Crippen molar-refractivity contribution in [2.45, 2.75) is 0 Å². The maximum Gasteiger partial charge on any atom is 0.361 e. The summed E-state index contributed by atoms with van der Waals surface area (Å²) in [4.78, 5) is 33.7. The van der Waals surface area contributed by atoms with Gasteiger partial charge in [0.15, 0.2) is 0 Å². The van der Waals surface area contributed by atoms with Crippen molar-refractivity contribution in [1.82, 2.24) is 12.7 Å². The molecule has 1 radical (unpaired) electrons. The second-order valence-electron chi connectivity index (χ2n) is 1.58. The number of H-pyrrole nitrogens is 1. The first kappa shape index (κ1) is 16.8. The van der Waals surface area contributed by atoms with Crippen LogP contribution in [0, 0.1) is 0 Å². The van der Waals surface area contributed by atoms with Crippen molar-refractivity contribution in [3.05, 3.63) is 31.5 Å². The molecule has 1 aromatic rings. The van der Waals surface area contributed by atoms with Crippen LogP contribution in [0.5, 0.6) is 0 Å². The topological polar surface area (TPSA) is 103 Å². The third-order valence-electron chi connectivity index (χ3n) is 0.906. The zero-order chi connectivity index (χ0) is 10.6. The normalized spacial score (nSPS) is 8.29. The van der Waals surface area contributed by atoms with Gasteiger partial charge in [-0.1, -0.05) is 0 Å². The van der Waals surface area contributed by atoms with E-state index in [-0.39, 0.29) is 33.6 Å². The molecule has 0 fully saturated rings. The number of aromatic amines is 1. The second-order valence-corrected chi connectivity index (χ2v) is 2.63. The van der Waals surface area contributed by atoms with E-state index in [4.69, 9.17) is 11.8 Å². The summed E-state index contributed by atoms with van der Waals surface area (Å²) in [5.74, 6) is 0. The molecule has 0 spiro atoms. The molecule has 3 N–H and O–H groups in total. The van der Waals surface area contributed by atoms with Crippen LogP contribution in [0.25, 0.3) is 0 Å². The number of halogens is 3. The number of rotatable bonds is 0. The first-order chi connectivity index (χ1) is 6.04. The predicted octanol–water partition coefficient (Wildman–Crippen LogP) is -1.42.